The lowest BCUT2D eigenvalue weighted by Gasteiger charge is -1.87. The van der Waals surface area contributed by atoms with Crippen molar-refractivity contribution in [2.45, 2.75) is 20.3 Å². The highest BCUT2D eigenvalue weighted by molar-refractivity contribution is 14.1. The predicted octanol–water partition coefficient (Wildman–Crippen LogP) is 1.35. The standard InChI is InChI=1S/C5H8IN3/c1-3-5-7-4(2)8-9(5)6/h3H2,1-2H3. The van der Waals surface area contributed by atoms with E-state index in [9.17, 15) is 0 Å². The second-order valence-electron chi connectivity index (χ2n) is 1.79. The fourth-order valence-electron chi connectivity index (χ4n) is 0.645. The van der Waals surface area contributed by atoms with Gasteiger partial charge in [0.25, 0.3) is 0 Å². The highest BCUT2D eigenvalue weighted by Crippen LogP contribution is 2.01. The quantitative estimate of drug-likeness (QED) is 0.690. The Hall–Kier alpha value is -0.130. The SMILES string of the molecule is CCc1nc(C)nn1I. The molecule has 0 saturated heterocycles. The summed E-state index contributed by atoms with van der Waals surface area (Å²) >= 11 is 2.12. The second kappa shape index (κ2) is 2.64. The molecular weight excluding hydrogens is 229 g/mol. The van der Waals surface area contributed by atoms with E-state index in [-0.39, 0.29) is 0 Å². The van der Waals surface area contributed by atoms with Gasteiger partial charge in [0.15, 0.2) is 0 Å². The van der Waals surface area contributed by atoms with E-state index >= 15 is 0 Å². The molecule has 1 rings (SSSR count). The number of rotatable bonds is 1. The number of aryl methyl sites for hydroxylation is 2. The van der Waals surface area contributed by atoms with Crippen molar-refractivity contribution >= 4 is 22.9 Å². The Bertz CT molecular complexity index is 206. The van der Waals surface area contributed by atoms with Gasteiger partial charge < -0.3 is 0 Å². The Labute approximate surface area is 68.0 Å². The van der Waals surface area contributed by atoms with E-state index in [2.05, 4.69) is 39.9 Å². The largest absolute Gasteiger partial charge is 0.216 e. The highest BCUT2D eigenvalue weighted by atomic mass is 127. The molecule has 9 heavy (non-hydrogen) atoms. The first-order chi connectivity index (χ1) is 4.24. The zero-order valence-electron chi connectivity index (χ0n) is 5.43. The van der Waals surface area contributed by atoms with E-state index in [1.54, 1.807) is 2.90 Å². The summed E-state index contributed by atoms with van der Waals surface area (Å²) in [6, 6.07) is 0. The molecule has 0 atom stereocenters. The van der Waals surface area contributed by atoms with E-state index in [0.717, 1.165) is 18.1 Å². The minimum atomic E-state index is 0.848. The van der Waals surface area contributed by atoms with Gasteiger partial charge in [0.1, 0.15) is 11.6 Å². The molecule has 1 aromatic heterocycles. The van der Waals surface area contributed by atoms with Crippen LogP contribution in [0.25, 0.3) is 0 Å². The van der Waals surface area contributed by atoms with Crippen molar-refractivity contribution in [1.29, 1.82) is 0 Å². The van der Waals surface area contributed by atoms with Gasteiger partial charge in [0.2, 0.25) is 0 Å². The lowest BCUT2D eigenvalue weighted by atomic mass is 10.5. The lowest BCUT2D eigenvalue weighted by Crippen LogP contribution is -1.89. The number of hydrogen-bond donors (Lipinski definition) is 0. The van der Waals surface area contributed by atoms with E-state index < -0.39 is 0 Å². The predicted molar refractivity (Wildman–Crippen MR) is 43.6 cm³/mol. The number of hydrogen-bond acceptors (Lipinski definition) is 2. The summed E-state index contributed by atoms with van der Waals surface area (Å²) in [6.07, 6.45) is 0.948. The molecule has 0 aromatic carbocycles. The number of aromatic nitrogens is 3. The third-order valence-corrected chi connectivity index (χ3v) is 1.83. The molecule has 0 spiro atoms. The van der Waals surface area contributed by atoms with Crippen molar-refractivity contribution < 1.29 is 0 Å². The zero-order valence-corrected chi connectivity index (χ0v) is 7.58. The van der Waals surface area contributed by atoms with E-state index in [0.29, 0.717) is 0 Å². The second-order valence-corrected chi connectivity index (χ2v) is 2.70. The van der Waals surface area contributed by atoms with Crippen LogP contribution in [0.15, 0.2) is 0 Å². The van der Waals surface area contributed by atoms with Gasteiger partial charge in [-0.05, 0) is 6.92 Å². The lowest BCUT2D eigenvalue weighted by molar-refractivity contribution is 0.922. The minimum Gasteiger partial charge on any atom is -0.216 e. The fraction of sp³-hybridized carbons (Fsp3) is 0.600. The molecule has 0 aliphatic heterocycles. The molecule has 1 aromatic rings. The summed E-state index contributed by atoms with van der Waals surface area (Å²) in [4.78, 5) is 4.17. The van der Waals surface area contributed by atoms with Crippen molar-refractivity contribution in [3.8, 4) is 0 Å². The first-order valence-electron chi connectivity index (χ1n) is 2.82. The normalized spacial score (nSPS) is 10.1. The van der Waals surface area contributed by atoms with Crippen LogP contribution in [0.1, 0.15) is 18.6 Å². The maximum absolute atomic E-state index is 4.17. The van der Waals surface area contributed by atoms with Crippen LogP contribution in [0.5, 0.6) is 0 Å². The molecular formula is C5H8IN3. The van der Waals surface area contributed by atoms with Crippen LogP contribution in [-0.4, -0.2) is 13.0 Å². The van der Waals surface area contributed by atoms with Crippen molar-refractivity contribution in [3.63, 3.8) is 0 Å². The van der Waals surface area contributed by atoms with Gasteiger partial charge in [-0.15, -0.1) is 5.10 Å². The summed E-state index contributed by atoms with van der Waals surface area (Å²) in [5.74, 6) is 1.88. The van der Waals surface area contributed by atoms with Crippen molar-refractivity contribution in [3.05, 3.63) is 11.6 Å². The average Bonchev–Trinajstić information content (AvgIpc) is 2.10. The zero-order chi connectivity index (χ0) is 6.85. The van der Waals surface area contributed by atoms with Gasteiger partial charge in [-0.2, -0.15) is 2.90 Å². The minimum absolute atomic E-state index is 0.848. The van der Waals surface area contributed by atoms with Crippen LogP contribution >= 0.6 is 22.9 Å². The monoisotopic (exact) mass is 237 g/mol. The maximum atomic E-state index is 4.17. The molecule has 0 unspecified atom stereocenters. The molecule has 0 fully saturated rings. The number of nitrogens with zero attached hydrogens (tertiary/aromatic N) is 3. The Kier molecular flexibility index (Phi) is 2.05. The van der Waals surface area contributed by atoms with Gasteiger partial charge in [0.05, 0.1) is 22.9 Å². The molecule has 0 radical (unpaired) electrons. The first-order valence-corrected chi connectivity index (χ1v) is 3.79. The Morgan fingerprint density at radius 3 is 2.56 bits per heavy atom. The smallest absolute Gasteiger partial charge is 0.148 e. The summed E-state index contributed by atoms with van der Waals surface area (Å²) in [6.45, 7) is 3.97. The van der Waals surface area contributed by atoms with E-state index in [1.807, 2.05) is 6.92 Å². The highest BCUT2D eigenvalue weighted by Gasteiger charge is 1.99. The summed E-state index contributed by atoms with van der Waals surface area (Å²) in [5, 5.41) is 4.07. The molecule has 0 saturated carbocycles. The van der Waals surface area contributed by atoms with E-state index in [4.69, 9.17) is 0 Å². The van der Waals surface area contributed by atoms with Crippen LogP contribution in [0, 0.1) is 6.92 Å². The van der Waals surface area contributed by atoms with Gasteiger partial charge in [0, 0.05) is 6.42 Å². The van der Waals surface area contributed by atoms with Gasteiger partial charge in [-0.3, -0.25) is 0 Å². The molecule has 0 bridgehead atoms. The van der Waals surface area contributed by atoms with Crippen molar-refractivity contribution in [2.75, 3.05) is 0 Å². The molecule has 4 heteroatoms. The number of halogens is 1. The fourth-order valence-corrected chi connectivity index (χ4v) is 1.41. The van der Waals surface area contributed by atoms with Crippen LogP contribution in [-0.2, 0) is 6.42 Å². The molecule has 0 amide bonds. The van der Waals surface area contributed by atoms with Crippen LogP contribution in [0.2, 0.25) is 0 Å². The molecule has 0 aliphatic rings. The van der Waals surface area contributed by atoms with Crippen LogP contribution in [0.3, 0.4) is 0 Å². The third-order valence-electron chi connectivity index (χ3n) is 1.05. The van der Waals surface area contributed by atoms with Crippen molar-refractivity contribution in [2.24, 2.45) is 0 Å². The Morgan fingerprint density at radius 2 is 2.33 bits per heavy atom. The van der Waals surface area contributed by atoms with Gasteiger partial charge >= 0.3 is 0 Å². The third kappa shape index (κ3) is 1.41. The summed E-state index contributed by atoms with van der Waals surface area (Å²) < 4.78 is 1.78. The topological polar surface area (TPSA) is 30.7 Å². The molecule has 3 nitrogen and oxygen atoms in total. The molecule has 0 aliphatic carbocycles. The van der Waals surface area contributed by atoms with Gasteiger partial charge in [-0.1, -0.05) is 6.92 Å². The Balaban J connectivity index is 3.01. The first kappa shape index (κ1) is 6.98. The van der Waals surface area contributed by atoms with Crippen LogP contribution in [0.4, 0.5) is 0 Å². The van der Waals surface area contributed by atoms with Gasteiger partial charge in [-0.25, -0.2) is 4.98 Å². The molecule has 0 N–H and O–H groups in total. The van der Waals surface area contributed by atoms with E-state index in [1.165, 1.54) is 0 Å². The summed E-state index contributed by atoms with van der Waals surface area (Å²) in [5.41, 5.74) is 0. The molecule has 1 heterocycles. The average molecular weight is 237 g/mol. The maximum Gasteiger partial charge on any atom is 0.148 e. The summed E-state index contributed by atoms with van der Waals surface area (Å²) in [7, 11) is 0. The van der Waals surface area contributed by atoms with Crippen LogP contribution < -0.4 is 0 Å². The Morgan fingerprint density at radius 1 is 1.67 bits per heavy atom. The molecule has 50 valence electrons. The van der Waals surface area contributed by atoms with Crippen molar-refractivity contribution in [1.82, 2.24) is 13.0 Å².